The highest BCUT2D eigenvalue weighted by Gasteiger charge is 2.24. The molecule has 3 aromatic rings. The summed E-state index contributed by atoms with van der Waals surface area (Å²) >= 11 is 3.54. The molecule has 1 atom stereocenters. The van der Waals surface area contributed by atoms with Gasteiger partial charge in [-0.1, -0.05) is 12.1 Å². The van der Waals surface area contributed by atoms with Crippen LogP contribution in [0.5, 0.6) is 5.75 Å². The van der Waals surface area contributed by atoms with Crippen LogP contribution in [0.15, 0.2) is 53.1 Å². The van der Waals surface area contributed by atoms with Gasteiger partial charge in [-0.15, -0.1) is 0 Å². The standard InChI is InChI=1S/C20H19BrFN3O/c1-26-20-11-18-14(10-15(20)21)17(6-8-23-18)24-13-7-9-25(12-13)19-5-3-2-4-16(19)22/h2-6,8,10-11,13H,7,9,12H2,1H3,(H,23,24). The van der Waals surface area contributed by atoms with Gasteiger partial charge >= 0.3 is 0 Å². The van der Waals surface area contributed by atoms with E-state index in [1.165, 1.54) is 6.07 Å². The van der Waals surface area contributed by atoms with Crippen molar-refractivity contribution >= 4 is 38.2 Å². The molecule has 6 heteroatoms. The van der Waals surface area contributed by atoms with Crippen molar-refractivity contribution in [3.8, 4) is 5.75 Å². The van der Waals surface area contributed by atoms with Crippen molar-refractivity contribution < 1.29 is 9.13 Å². The van der Waals surface area contributed by atoms with Crippen LogP contribution < -0.4 is 15.0 Å². The second-order valence-corrected chi connectivity index (χ2v) is 7.24. The van der Waals surface area contributed by atoms with Crippen molar-refractivity contribution in [2.75, 3.05) is 30.4 Å². The Balaban J connectivity index is 1.57. The Kier molecular flexibility index (Phi) is 4.68. The third-order valence-electron chi connectivity index (χ3n) is 4.76. The van der Waals surface area contributed by atoms with Crippen molar-refractivity contribution in [3.63, 3.8) is 0 Å². The molecule has 134 valence electrons. The molecule has 0 saturated carbocycles. The second kappa shape index (κ2) is 7.11. The van der Waals surface area contributed by atoms with Crippen molar-refractivity contribution in [3.05, 3.63) is 59.0 Å². The fourth-order valence-electron chi connectivity index (χ4n) is 3.45. The number of halogens is 2. The number of nitrogens with zero attached hydrogens (tertiary/aromatic N) is 2. The van der Waals surface area contributed by atoms with Gasteiger partial charge < -0.3 is 15.0 Å². The quantitative estimate of drug-likeness (QED) is 0.661. The van der Waals surface area contributed by atoms with Crippen molar-refractivity contribution in [1.82, 2.24) is 4.98 Å². The first-order valence-electron chi connectivity index (χ1n) is 8.54. The monoisotopic (exact) mass is 415 g/mol. The zero-order valence-electron chi connectivity index (χ0n) is 14.4. The number of ether oxygens (including phenoxy) is 1. The number of fused-ring (bicyclic) bond motifs is 1. The first-order chi connectivity index (χ1) is 12.7. The summed E-state index contributed by atoms with van der Waals surface area (Å²) in [6.07, 6.45) is 2.75. The number of pyridine rings is 1. The van der Waals surface area contributed by atoms with Crippen LogP contribution in [0.25, 0.3) is 10.9 Å². The fraction of sp³-hybridized carbons (Fsp3) is 0.250. The summed E-state index contributed by atoms with van der Waals surface area (Å²) in [6.45, 7) is 1.60. The third-order valence-corrected chi connectivity index (χ3v) is 5.38. The maximum Gasteiger partial charge on any atom is 0.146 e. The van der Waals surface area contributed by atoms with E-state index >= 15 is 0 Å². The molecule has 1 saturated heterocycles. The zero-order chi connectivity index (χ0) is 18.1. The molecule has 1 aliphatic rings. The van der Waals surface area contributed by atoms with E-state index in [1.807, 2.05) is 30.3 Å². The molecule has 1 fully saturated rings. The van der Waals surface area contributed by atoms with Gasteiger partial charge in [-0.25, -0.2) is 4.39 Å². The van der Waals surface area contributed by atoms with Crippen molar-refractivity contribution in [1.29, 1.82) is 0 Å². The molecular weight excluding hydrogens is 397 g/mol. The van der Waals surface area contributed by atoms with Crippen LogP contribution in [0.2, 0.25) is 0 Å². The Labute approximate surface area is 160 Å². The molecule has 0 aliphatic carbocycles. The van der Waals surface area contributed by atoms with Crippen molar-refractivity contribution in [2.24, 2.45) is 0 Å². The van der Waals surface area contributed by atoms with Gasteiger partial charge in [0.05, 0.1) is 22.8 Å². The second-order valence-electron chi connectivity index (χ2n) is 6.39. The minimum absolute atomic E-state index is 0.168. The SMILES string of the molecule is COc1cc2nccc(NC3CCN(c4ccccc4F)C3)c2cc1Br. The number of anilines is 2. The minimum atomic E-state index is -0.168. The number of hydrogen-bond donors (Lipinski definition) is 1. The molecule has 0 bridgehead atoms. The van der Waals surface area contributed by atoms with E-state index < -0.39 is 0 Å². The largest absolute Gasteiger partial charge is 0.495 e. The van der Waals surface area contributed by atoms with E-state index in [1.54, 1.807) is 19.4 Å². The number of rotatable bonds is 4. The number of aromatic nitrogens is 1. The summed E-state index contributed by atoms with van der Waals surface area (Å²) < 4.78 is 20.3. The molecule has 2 aromatic carbocycles. The molecule has 26 heavy (non-hydrogen) atoms. The van der Waals surface area contributed by atoms with E-state index in [2.05, 4.69) is 31.1 Å². The molecule has 1 N–H and O–H groups in total. The maximum absolute atomic E-state index is 14.0. The van der Waals surface area contributed by atoms with Gasteiger partial charge in [-0.2, -0.15) is 0 Å². The lowest BCUT2D eigenvalue weighted by Crippen LogP contribution is -2.26. The van der Waals surface area contributed by atoms with Crippen LogP contribution in [0.1, 0.15) is 6.42 Å². The molecule has 2 heterocycles. The van der Waals surface area contributed by atoms with E-state index in [0.717, 1.165) is 46.3 Å². The molecule has 0 spiro atoms. The highest BCUT2D eigenvalue weighted by atomic mass is 79.9. The Morgan fingerprint density at radius 1 is 1.27 bits per heavy atom. The Bertz CT molecular complexity index is 949. The van der Waals surface area contributed by atoms with Crippen LogP contribution in [0.3, 0.4) is 0 Å². The molecule has 4 rings (SSSR count). The number of methoxy groups -OCH3 is 1. The number of hydrogen-bond acceptors (Lipinski definition) is 4. The van der Waals surface area contributed by atoms with Gasteiger partial charge in [-0.05, 0) is 46.6 Å². The lowest BCUT2D eigenvalue weighted by Gasteiger charge is -2.20. The molecule has 0 amide bonds. The third kappa shape index (κ3) is 3.21. The van der Waals surface area contributed by atoms with E-state index in [-0.39, 0.29) is 11.9 Å². The van der Waals surface area contributed by atoms with Crippen LogP contribution in [0, 0.1) is 5.82 Å². The van der Waals surface area contributed by atoms with E-state index in [4.69, 9.17) is 4.74 Å². The summed E-state index contributed by atoms with van der Waals surface area (Å²) in [7, 11) is 1.64. The zero-order valence-corrected chi connectivity index (χ0v) is 16.0. The van der Waals surface area contributed by atoms with Crippen LogP contribution in [-0.4, -0.2) is 31.2 Å². The Morgan fingerprint density at radius 3 is 2.92 bits per heavy atom. The first-order valence-corrected chi connectivity index (χ1v) is 9.33. The molecule has 1 unspecified atom stereocenters. The predicted molar refractivity (Wildman–Crippen MR) is 107 cm³/mol. The van der Waals surface area contributed by atoms with Gasteiger partial charge in [0.15, 0.2) is 0 Å². The summed E-state index contributed by atoms with van der Waals surface area (Å²) in [5, 5.41) is 4.63. The summed E-state index contributed by atoms with van der Waals surface area (Å²) in [6, 6.07) is 13.1. The normalized spacial score (nSPS) is 16.9. The molecule has 1 aromatic heterocycles. The van der Waals surface area contributed by atoms with Gasteiger partial charge in [0.2, 0.25) is 0 Å². The highest BCUT2D eigenvalue weighted by Crippen LogP contribution is 2.33. The maximum atomic E-state index is 14.0. The summed E-state index contributed by atoms with van der Waals surface area (Å²) in [5.74, 6) is 0.590. The average molecular weight is 416 g/mol. The first kappa shape index (κ1) is 17.1. The van der Waals surface area contributed by atoms with Crippen LogP contribution in [-0.2, 0) is 0 Å². The molecular formula is C20H19BrFN3O. The average Bonchev–Trinajstić information content (AvgIpc) is 3.10. The number of para-hydroxylation sites is 1. The topological polar surface area (TPSA) is 37.4 Å². The van der Waals surface area contributed by atoms with Gasteiger partial charge in [0, 0.05) is 42.5 Å². The predicted octanol–water partition coefficient (Wildman–Crippen LogP) is 4.84. The van der Waals surface area contributed by atoms with Crippen LogP contribution in [0.4, 0.5) is 15.8 Å². The van der Waals surface area contributed by atoms with E-state index in [0.29, 0.717) is 5.69 Å². The molecule has 0 radical (unpaired) electrons. The number of benzene rings is 2. The summed E-state index contributed by atoms with van der Waals surface area (Å²) in [5.41, 5.74) is 2.57. The van der Waals surface area contributed by atoms with Crippen LogP contribution >= 0.6 is 15.9 Å². The smallest absolute Gasteiger partial charge is 0.146 e. The van der Waals surface area contributed by atoms with Gasteiger partial charge in [-0.3, -0.25) is 4.98 Å². The lowest BCUT2D eigenvalue weighted by molar-refractivity contribution is 0.412. The molecule has 4 nitrogen and oxygen atoms in total. The van der Waals surface area contributed by atoms with Crippen molar-refractivity contribution in [2.45, 2.75) is 12.5 Å². The minimum Gasteiger partial charge on any atom is -0.495 e. The number of nitrogens with one attached hydrogen (secondary N) is 1. The van der Waals surface area contributed by atoms with Gasteiger partial charge in [0.25, 0.3) is 0 Å². The van der Waals surface area contributed by atoms with E-state index in [9.17, 15) is 4.39 Å². The Hall–Kier alpha value is -2.34. The fourth-order valence-corrected chi connectivity index (χ4v) is 3.96. The molecule has 1 aliphatic heterocycles. The highest BCUT2D eigenvalue weighted by molar-refractivity contribution is 9.10. The lowest BCUT2D eigenvalue weighted by atomic mass is 10.1. The summed E-state index contributed by atoms with van der Waals surface area (Å²) in [4.78, 5) is 6.53. The van der Waals surface area contributed by atoms with Gasteiger partial charge in [0.1, 0.15) is 11.6 Å². The Morgan fingerprint density at radius 2 is 2.12 bits per heavy atom.